The first-order chi connectivity index (χ1) is 5.24. The highest BCUT2D eigenvalue weighted by Crippen LogP contribution is 2.11. The maximum absolute atomic E-state index is 4.99. The zero-order chi connectivity index (χ0) is 8.27. The topological polar surface area (TPSA) is 22.1 Å². The van der Waals surface area contributed by atoms with Crippen LogP contribution >= 0.6 is 15.9 Å². The lowest BCUT2D eigenvalue weighted by molar-refractivity contribution is 0.184. The molecule has 1 rings (SSSR count). The molecule has 0 saturated carbocycles. The van der Waals surface area contributed by atoms with Crippen LogP contribution in [-0.4, -0.2) is 12.1 Å². The molecule has 11 heavy (non-hydrogen) atoms. The Hall–Kier alpha value is -0.410. The average molecular weight is 216 g/mol. The molecule has 0 N–H and O–H groups in total. The molecule has 0 bridgehead atoms. The minimum Gasteiger partial charge on any atom is -0.380 e. The predicted molar refractivity (Wildman–Crippen MR) is 47.4 cm³/mol. The number of pyridine rings is 1. The molecule has 0 aliphatic carbocycles. The normalized spacial score (nSPS) is 10.1. The number of aromatic nitrogens is 1. The molecule has 0 aromatic carbocycles. The molecule has 1 aromatic heterocycles. The van der Waals surface area contributed by atoms with Gasteiger partial charge in [-0.1, -0.05) is 6.07 Å². The van der Waals surface area contributed by atoms with Gasteiger partial charge in [-0.3, -0.25) is 0 Å². The molecule has 1 aromatic rings. The highest BCUT2D eigenvalue weighted by molar-refractivity contribution is 9.10. The van der Waals surface area contributed by atoms with Gasteiger partial charge in [-0.25, -0.2) is 4.98 Å². The van der Waals surface area contributed by atoms with E-state index in [2.05, 4.69) is 20.9 Å². The van der Waals surface area contributed by atoms with E-state index in [0.29, 0.717) is 6.61 Å². The summed E-state index contributed by atoms with van der Waals surface area (Å²) in [6.07, 6.45) is 0. The van der Waals surface area contributed by atoms with Gasteiger partial charge in [-0.15, -0.1) is 0 Å². The van der Waals surface area contributed by atoms with Gasteiger partial charge >= 0.3 is 0 Å². The summed E-state index contributed by atoms with van der Waals surface area (Å²) in [6, 6.07) is 3.93. The van der Waals surface area contributed by atoms with Crippen LogP contribution in [0.2, 0.25) is 0 Å². The van der Waals surface area contributed by atoms with Crippen molar-refractivity contribution in [1.82, 2.24) is 4.98 Å². The Morgan fingerprint density at radius 2 is 2.27 bits per heavy atom. The Labute approximate surface area is 74.7 Å². The lowest BCUT2D eigenvalue weighted by Crippen LogP contribution is -1.94. The van der Waals surface area contributed by atoms with Crippen molar-refractivity contribution >= 4 is 15.9 Å². The first-order valence-electron chi connectivity index (χ1n) is 3.35. The van der Waals surface area contributed by atoms with E-state index in [9.17, 15) is 0 Å². The molecule has 0 fully saturated rings. The molecule has 0 aliphatic heterocycles. The fourth-order valence-corrected chi connectivity index (χ4v) is 1.27. The Bertz CT molecular complexity index is 250. The van der Waals surface area contributed by atoms with Crippen LogP contribution in [0.1, 0.15) is 11.3 Å². The molecule has 60 valence electrons. The summed E-state index contributed by atoms with van der Waals surface area (Å²) in [4.78, 5) is 4.23. The molecule has 0 amide bonds. The third-order valence-electron chi connectivity index (χ3n) is 1.46. The largest absolute Gasteiger partial charge is 0.380 e. The lowest BCUT2D eigenvalue weighted by Gasteiger charge is -2.02. The Morgan fingerprint density at radius 1 is 1.55 bits per heavy atom. The molecule has 2 nitrogen and oxygen atoms in total. The summed E-state index contributed by atoms with van der Waals surface area (Å²) in [5, 5.41) is 0. The highest BCUT2D eigenvalue weighted by atomic mass is 79.9. The standard InChI is InChI=1S/C8H10BrNO/c1-6-7(5-11-2)3-4-8(9)10-6/h3-4H,5H2,1-2H3. The van der Waals surface area contributed by atoms with E-state index >= 15 is 0 Å². The maximum Gasteiger partial charge on any atom is 0.106 e. The lowest BCUT2D eigenvalue weighted by atomic mass is 10.2. The van der Waals surface area contributed by atoms with Gasteiger partial charge < -0.3 is 4.74 Å². The van der Waals surface area contributed by atoms with Crippen molar-refractivity contribution in [2.45, 2.75) is 13.5 Å². The molecule has 0 saturated heterocycles. The summed E-state index contributed by atoms with van der Waals surface area (Å²) in [7, 11) is 1.68. The van der Waals surface area contributed by atoms with Crippen LogP contribution in [-0.2, 0) is 11.3 Å². The van der Waals surface area contributed by atoms with Crippen LogP contribution in [0.5, 0.6) is 0 Å². The Balaban J connectivity index is 2.90. The number of methoxy groups -OCH3 is 1. The molecule has 1 heterocycles. The van der Waals surface area contributed by atoms with Gasteiger partial charge in [0.05, 0.1) is 6.61 Å². The number of aryl methyl sites for hydroxylation is 1. The highest BCUT2D eigenvalue weighted by Gasteiger charge is 1.98. The molecule has 0 spiro atoms. The third kappa shape index (κ3) is 2.27. The zero-order valence-corrected chi connectivity index (χ0v) is 8.18. The zero-order valence-electron chi connectivity index (χ0n) is 6.60. The maximum atomic E-state index is 4.99. The number of nitrogens with zero attached hydrogens (tertiary/aromatic N) is 1. The van der Waals surface area contributed by atoms with Crippen LogP contribution < -0.4 is 0 Å². The van der Waals surface area contributed by atoms with Crippen molar-refractivity contribution in [1.29, 1.82) is 0 Å². The summed E-state index contributed by atoms with van der Waals surface area (Å²) in [5.41, 5.74) is 2.15. The van der Waals surface area contributed by atoms with Crippen LogP contribution in [0.25, 0.3) is 0 Å². The van der Waals surface area contributed by atoms with Gasteiger partial charge in [0.1, 0.15) is 4.60 Å². The van der Waals surface area contributed by atoms with E-state index in [1.54, 1.807) is 7.11 Å². The van der Waals surface area contributed by atoms with Crippen LogP contribution in [0, 0.1) is 6.92 Å². The summed E-state index contributed by atoms with van der Waals surface area (Å²) < 4.78 is 5.86. The number of rotatable bonds is 2. The summed E-state index contributed by atoms with van der Waals surface area (Å²) >= 11 is 3.30. The van der Waals surface area contributed by atoms with Gasteiger partial charge in [0.2, 0.25) is 0 Å². The molecular formula is C8H10BrNO. The van der Waals surface area contributed by atoms with E-state index in [4.69, 9.17) is 4.74 Å². The van der Waals surface area contributed by atoms with Crippen LogP contribution in [0.15, 0.2) is 16.7 Å². The van der Waals surface area contributed by atoms with Gasteiger partial charge in [0.25, 0.3) is 0 Å². The minimum absolute atomic E-state index is 0.631. The number of halogens is 1. The van der Waals surface area contributed by atoms with Crippen LogP contribution in [0.3, 0.4) is 0 Å². The first-order valence-corrected chi connectivity index (χ1v) is 4.14. The first kappa shape index (κ1) is 8.68. The number of hydrogen-bond acceptors (Lipinski definition) is 2. The average Bonchev–Trinajstić information content (AvgIpc) is 1.95. The molecule has 0 unspecified atom stereocenters. The van der Waals surface area contributed by atoms with Gasteiger partial charge in [-0.2, -0.15) is 0 Å². The predicted octanol–water partition coefficient (Wildman–Crippen LogP) is 2.30. The molecule has 3 heteroatoms. The van der Waals surface area contributed by atoms with E-state index in [1.165, 1.54) is 0 Å². The second-order valence-corrected chi connectivity index (χ2v) is 3.12. The number of ether oxygens (including phenoxy) is 1. The smallest absolute Gasteiger partial charge is 0.106 e. The van der Waals surface area contributed by atoms with Crippen molar-refractivity contribution in [3.63, 3.8) is 0 Å². The van der Waals surface area contributed by atoms with Crippen molar-refractivity contribution in [3.05, 3.63) is 28.0 Å². The third-order valence-corrected chi connectivity index (χ3v) is 1.90. The summed E-state index contributed by atoms with van der Waals surface area (Å²) in [5.74, 6) is 0. The molecule has 0 atom stereocenters. The molecule has 0 aliphatic rings. The molecule has 0 radical (unpaired) electrons. The van der Waals surface area contributed by atoms with E-state index in [1.807, 2.05) is 19.1 Å². The second-order valence-electron chi connectivity index (χ2n) is 2.31. The van der Waals surface area contributed by atoms with Crippen molar-refractivity contribution in [3.8, 4) is 0 Å². The quantitative estimate of drug-likeness (QED) is 0.707. The molecular weight excluding hydrogens is 206 g/mol. The van der Waals surface area contributed by atoms with Crippen molar-refractivity contribution < 1.29 is 4.74 Å². The Morgan fingerprint density at radius 3 is 2.82 bits per heavy atom. The monoisotopic (exact) mass is 215 g/mol. The SMILES string of the molecule is COCc1ccc(Br)nc1C. The van der Waals surface area contributed by atoms with Crippen LogP contribution in [0.4, 0.5) is 0 Å². The van der Waals surface area contributed by atoms with E-state index in [0.717, 1.165) is 15.9 Å². The van der Waals surface area contributed by atoms with Crippen molar-refractivity contribution in [2.75, 3.05) is 7.11 Å². The fraction of sp³-hybridized carbons (Fsp3) is 0.375. The second kappa shape index (κ2) is 3.83. The van der Waals surface area contributed by atoms with Gasteiger partial charge in [0, 0.05) is 12.8 Å². The number of hydrogen-bond donors (Lipinski definition) is 0. The van der Waals surface area contributed by atoms with Crippen molar-refractivity contribution in [2.24, 2.45) is 0 Å². The van der Waals surface area contributed by atoms with Gasteiger partial charge in [-0.05, 0) is 34.5 Å². The van der Waals surface area contributed by atoms with Gasteiger partial charge in [0.15, 0.2) is 0 Å². The van der Waals surface area contributed by atoms with E-state index < -0.39 is 0 Å². The Kier molecular flexibility index (Phi) is 3.02. The van der Waals surface area contributed by atoms with E-state index in [-0.39, 0.29) is 0 Å². The minimum atomic E-state index is 0.631. The fourth-order valence-electron chi connectivity index (χ4n) is 0.867. The summed E-state index contributed by atoms with van der Waals surface area (Å²) in [6.45, 7) is 2.60.